The zero-order valence-electron chi connectivity index (χ0n) is 22.3. The van der Waals surface area contributed by atoms with E-state index in [9.17, 15) is 4.79 Å². The van der Waals surface area contributed by atoms with Crippen LogP contribution in [0.25, 0.3) is 20.4 Å². The maximum Gasteiger partial charge on any atom is 0.222 e. The van der Waals surface area contributed by atoms with Crippen LogP contribution >= 0.6 is 11.3 Å². The van der Waals surface area contributed by atoms with Gasteiger partial charge < -0.3 is 19.9 Å². The Bertz CT molecular complexity index is 1490. The van der Waals surface area contributed by atoms with Crippen LogP contribution in [0.1, 0.15) is 49.8 Å². The molecule has 0 atom stereocenters. The molecule has 1 aromatic carbocycles. The quantitative estimate of drug-likeness (QED) is 0.315. The van der Waals surface area contributed by atoms with Crippen LogP contribution < -0.4 is 10.2 Å². The Morgan fingerprint density at radius 1 is 1.18 bits per heavy atom. The normalized spacial score (nSPS) is 16.8. The molecule has 9 heteroatoms. The van der Waals surface area contributed by atoms with Crippen LogP contribution in [0.4, 0.5) is 11.6 Å². The highest BCUT2D eigenvalue weighted by Gasteiger charge is 2.32. The molecule has 0 spiro atoms. The molecule has 3 aromatic heterocycles. The Hall–Kier alpha value is -3.30. The molecule has 2 aliphatic rings. The highest BCUT2D eigenvalue weighted by molar-refractivity contribution is 7.26. The van der Waals surface area contributed by atoms with Crippen LogP contribution in [0, 0.1) is 0 Å². The first kappa shape index (κ1) is 25.0. The Morgan fingerprint density at radius 2 is 2.03 bits per heavy atom. The van der Waals surface area contributed by atoms with E-state index >= 15 is 0 Å². The fraction of sp³-hybridized carbons (Fsp3) is 0.448. The summed E-state index contributed by atoms with van der Waals surface area (Å²) in [5.41, 5.74) is 4.37. The summed E-state index contributed by atoms with van der Waals surface area (Å²) in [6.45, 7) is 8.02. The number of carbonyl (C=O) groups excluding carboxylic acids is 1. The van der Waals surface area contributed by atoms with Crippen LogP contribution in [-0.4, -0.2) is 58.0 Å². The lowest BCUT2D eigenvalue weighted by molar-refractivity contribution is -0.127. The second kappa shape index (κ2) is 10.1. The highest BCUT2D eigenvalue weighted by Crippen LogP contribution is 2.44. The molecule has 1 amide bonds. The monoisotopic (exact) mass is 530 g/mol. The maximum absolute atomic E-state index is 11.9. The Morgan fingerprint density at radius 3 is 2.82 bits per heavy atom. The molecule has 1 N–H and O–H groups in total. The summed E-state index contributed by atoms with van der Waals surface area (Å²) in [5.74, 6) is 2.08. The Kier molecular flexibility index (Phi) is 6.65. The molecule has 0 unspecified atom stereocenters. The Labute approximate surface area is 227 Å². The van der Waals surface area contributed by atoms with Gasteiger partial charge in [0.15, 0.2) is 0 Å². The van der Waals surface area contributed by atoms with E-state index in [0.29, 0.717) is 13.0 Å². The van der Waals surface area contributed by atoms with E-state index in [-0.39, 0.29) is 11.5 Å². The van der Waals surface area contributed by atoms with E-state index < -0.39 is 0 Å². The predicted octanol–water partition coefficient (Wildman–Crippen LogP) is 5.15. The van der Waals surface area contributed by atoms with Crippen molar-refractivity contribution in [1.82, 2.24) is 19.9 Å². The van der Waals surface area contributed by atoms with Gasteiger partial charge in [0.25, 0.3) is 0 Å². The van der Waals surface area contributed by atoms with Crippen molar-refractivity contribution in [2.24, 2.45) is 0 Å². The first-order chi connectivity index (χ1) is 18.4. The summed E-state index contributed by atoms with van der Waals surface area (Å²) < 4.78 is 7.30. The van der Waals surface area contributed by atoms with Crippen LogP contribution in [0.15, 0.2) is 36.7 Å². The zero-order chi connectivity index (χ0) is 26.3. The van der Waals surface area contributed by atoms with Crippen molar-refractivity contribution < 1.29 is 9.53 Å². The topological polar surface area (TPSA) is 83.5 Å². The average molecular weight is 531 g/mol. The fourth-order valence-electron chi connectivity index (χ4n) is 5.58. The van der Waals surface area contributed by atoms with Crippen LogP contribution in [0.5, 0.6) is 0 Å². The van der Waals surface area contributed by atoms with Gasteiger partial charge in [0.2, 0.25) is 5.91 Å². The van der Waals surface area contributed by atoms with Crippen molar-refractivity contribution >= 4 is 49.3 Å². The summed E-state index contributed by atoms with van der Waals surface area (Å²) in [4.78, 5) is 31.6. The summed E-state index contributed by atoms with van der Waals surface area (Å²) in [6, 6.07) is 10.5. The van der Waals surface area contributed by atoms with Crippen LogP contribution in [-0.2, 0) is 29.1 Å². The number of nitrogens with one attached hydrogen (secondary N) is 1. The van der Waals surface area contributed by atoms with Gasteiger partial charge >= 0.3 is 0 Å². The van der Waals surface area contributed by atoms with E-state index in [1.54, 1.807) is 17.7 Å². The molecule has 0 radical (unpaired) electrons. The third-order valence-corrected chi connectivity index (χ3v) is 8.58. The molecule has 8 nitrogen and oxygen atoms in total. The summed E-state index contributed by atoms with van der Waals surface area (Å²) in [7, 11) is 2.10. The second-order valence-corrected chi connectivity index (χ2v) is 11.9. The third-order valence-electron chi connectivity index (χ3n) is 7.50. The lowest BCUT2D eigenvalue weighted by Gasteiger charge is -2.34. The van der Waals surface area contributed by atoms with Crippen molar-refractivity contribution in [2.45, 2.75) is 58.3 Å². The third kappa shape index (κ3) is 4.80. The number of benzene rings is 1. The van der Waals surface area contributed by atoms with E-state index in [1.165, 1.54) is 11.1 Å². The largest absolute Gasteiger partial charge is 0.370 e. The molecule has 0 bridgehead atoms. The number of anilines is 2. The van der Waals surface area contributed by atoms with Gasteiger partial charge in [-0.2, -0.15) is 0 Å². The molecule has 5 heterocycles. The number of carbonyl (C=O) groups is 1. The number of likely N-dealkylation sites (tertiary alicyclic amines) is 1. The van der Waals surface area contributed by atoms with Gasteiger partial charge in [-0.15, -0.1) is 11.3 Å². The van der Waals surface area contributed by atoms with Crippen LogP contribution in [0.3, 0.4) is 0 Å². The molecule has 4 aromatic rings. The Balaban J connectivity index is 1.35. The standard InChI is InChI=1S/C29H34N6O2S/c1-29(2)15-20-21(17-37-29)27(34(3)16-19-9-5-4-6-10-19)33-28-23(20)24-25(38-28)26(32-18-31-24)30-12-8-14-35-13-7-11-22(35)36/h4-6,9-10,18H,7-8,11-17H2,1-3H3,(H,30,31,32). The fourth-order valence-corrected chi connectivity index (χ4v) is 6.70. The summed E-state index contributed by atoms with van der Waals surface area (Å²) >= 11 is 1.65. The SMILES string of the molecule is CN(Cc1ccccc1)c1nc2sc3c(NCCCN4CCCC4=O)ncnc3c2c2c1COC(C)(C)C2. The average Bonchev–Trinajstić information content (AvgIpc) is 3.49. The molecule has 2 aliphatic heterocycles. The number of aromatic nitrogens is 3. The van der Waals surface area contributed by atoms with Gasteiger partial charge in [-0.1, -0.05) is 30.3 Å². The van der Waals surface area contributed by atoms with E-state index in [1.807, 2.05) is 11.0 Å². The lowest BCUT2D eigenvalue weighted by Crippen LogP contribution is -2.33. The number of thiophene rings is 1. The number of nitrogens with zero attached hydrogens (tertiary/aromatic N) is 5. The van der Waals surface area contributed by atoms with Gasteiger partial charge in [-0.05, 0) is 37.8 Å². The number of pyridine rings is 1. The smallest absolute Gasteiger partial charge is 0.222 e. The number of ether oxygens (including phenoxy) is 1. The van der Waals surface area contributed by atoms with Gasteiger partial charge in [-0.25, -0.2) is 15.0 Å². The zero-order valence-corrected chi connectivity index (χ0v) is 23.1. The van der Waals surface area contributed by atoms with Crippen molar-refractivity contribution in [1.29, 1.82) is 0 Å². The van der Waals surface area contributed by atoms with Gasteiger partial charge in [0, 0.05) is 57.0 Å². The lowest BCUT2D eigenvalue weighted by atomic mass is 9.90. The van der Waals surface area contributed by atoms with Crippen molar-refractivity contribution in [3.8, 4) is 0 Å². The number of fused-ring (bicyclic) bond motifs is 5. The number of hydrogen-bond acceptors (Lipinski definition) is 8. The minimum absolute atomic E-state index is 0.258. The number of hydrogen-bond donors (Lipinski definition) is 1. The molecule has 38 heavy (non-hydrogen) atoms. The maximum atomic E-state index is 11.9. The minimum atomic E-state index is -0.258. The summed E-state index contributed by atoms with van der Waals surface area (Å²) in [5, 5.41) is 4.64. The second-order valence-electron chi connectivity index (χ2n) is 10.9. The van der Waals surface area contributed by atoms with Crippen LogP contribution in [0.2, 0.25) is 0 Å². The molecule has 0 aliphatic carbocycles. The van der Waals surface area contributed by atoms with E-state index in [2.05, 4.69) is 60.4 Å². The molecular formula is C29H34N6O2S. The molecular weight excluding hydrogens is 496 g/mol. The van der Waals surface area contributed by atoms with Gasteiger partial charge in [0.1, 0.15) is 22.8 Å². The molecule has 1 fully saturated rings. The first-order valence-corrected chi connectivity index (χ1v) is 14.2. The van der Waals surface area contributed by atoms with Gasteiger partial charge in [0.05, 0.1) is 22.4 Å². The van der Waals surface area contributed by atoms with Crippen molar-refractivity contribution in [3.05, 3.63) is 53.3 Å². The molecule has 1 saturated heterocycles. The number of rotatable bonds is 8. The highest BCUT2D eigenvalue weighted by atomic mass is 32.1. The van der Waals surface area contributed by atoms with Crippen molar-refractivity contribution in [2.75, 3.05) is 36.9 Å². The first-order valence-electron chi connectivity index (χ1n) is 13.4. The van der Waals surface area contributed by atoms with E-state index in [0.717, 1.165) is 83.1 Å². The number of amides is 1. The van der Waals surface area contributed by atoms with Gasteiger partial charge in [-0.3, -0.25) is 4.79 Å². The predicted molar refractivity (Wildman–Crippen MR) is 153 cm³/mol. The van der Waals surface area contributed by atoms with E-state index in [4.69, 9.17) is 14.7 Å². The molecule has 198 valence electrons. The summed E-state index contributed by atoms with van der Waals surface area (Å²) in [6.07, 6.45) is 4.99. The molecule has 0 saturated carbocycles. The van der Waals surface area contributed by atoms with Crippen molar-refractivity contribution in [3.63, 3.8) is 0 Å². The molecule has 6 rings (SSSR count). The minimum Gasteiger partial charge on any atom is -0.370 e.